The van der Waals surface area contributed by atoms with E-state index in [2.05, 4.69) is 158 Å². The summed E-state index contributed by atoms with van der Waals surface area (Å²) in [6.45, 7) is 23.9. The summed E-state index contributed by atoms with van der Waals surface area (Å²) in [7, 11) is 0. The minimum absolute atomic E-state index is 0.0741. The standard InChI is InChI=1S/C44H51N/c1-10-12-13-14-15-16-17-23-36(20-11-2)45-37-28-29-38-40(31-37)44(8,9)42-33(4)22-19-18-21-32(3)30-39(41(38)42)34-24-26-35(27-25-34)43(5,6)7/h10-15,17-31,33,42,45H,1-2,16H2,3-9H3/b13-12-,15-14-,21-18-,22-19-,23-17-,32-30+,36-20+,41-39+. The van der Waals surface area contributed by atoms with Crippen molar-refractivity contribution in [1.82, 2.24) is 0 Å². The topological polar surface area (TPSA) is 12.0 Å². The largest absolute Gasteiger partial charge is 0.356 e. The highest BCUT2D eigenvalue weighted by Crippen LogP contribution is 2.56. The first kappa shape index (κ1) is 33.5. The third-order valence-electron chi connectivity index (χ3n) is 8.88. The van der Waals surface area contributed by atoms with Gasteiger partial charge in [0.15, 0.2) is 0 Å². The van der Waals surface area contributed by atoms with Crippen molar-refractivity contribution in [3.8, 4) is 0 Å². The molecule has 0 radical (unpaired) electrons. The van der Waals surface area contributed by atoms with E-state index in [-0.39, 0.29) is 10.8 Å². The van der Waals surface area contributed by atoms with Crippen LogP contribution in [0.15, 0.2) is 152 Å². The fourth-order valence-corrected chi connectivity index (χ4v) is 6.62. The second-order valence-electron chi connectivity index (χ2n) is 13.8. The molecule has 1 nitrogen and oxygen atoms in total. The first-order chi connectivity index (χ1) is 21.5. The van der Waals surface area contributed by atoms with Crippen molar-refractivity contribution in [2.24, 2.45) is 11.8 Å². The van der Waals surface area contributed by atoms with Gasteiger partial charge in [-0.25, -0.2) is 0 Å². The summed E-state index contributed by atoms with van der Waals surface area (Å²) in [6.07, 6.45) is 30.2. The number of hydrogen-bond acceptors (Lipinski definition) is 1. The van der Waals surface area contributed by atoms with E-state index in [1.54, 1.807) is 6.08 Å². The summed E-state index contributed by atoms with van der Waals surface area (Å²) in [4.78, 5) is 0. The zero-order chi connectivity index (χ0) is 32.6. The van der Waals surface area contributed by atoms with Crippen LogP contribution in [0.1, 0.15) is 77.1 Å². The summed E-state index contributed by atoms with van der Waals surface area (Å²) < 4.78 is 0. The minimum Gasteiger partial charge on any atom is -0.356 e. The fourth-order valence-electron chi connectivity index (χ4n) is 6.62. The van der Waals surface area contributed by atoms with Gasteiger partial charge in [0.05, 0.1) is 0 Å². The van der Waals surface area contributed by atoms with E-state index in [0.717, 1.165) is 17.8 Å². The molecular formula is C44H51N. The van der Waals surface area contributed by atoms with E-state index < -0.39 is 0 Å². The van der Waals surface area contributed by atoms with Crippen LogP contribution in [-0.2, 0) is 10.8 Å². The van der Waals surface area contributed by atoms with E-state index in [1.807, 2.05) is 30.4 Å². The first-order valence-corrected chi connectivity index (χ1v) is 16.2. The molecular weight excluding hydrogens is 542 g/mol. The lowest BCUT2D eigenvalue weighted by molar-refractivity contribution is 0.349. The molecule has 0 amide bonds. The van der Waals surface area contributed by atoms with Crippen LogP contribution in [0, 0.1) is 11.8 Å². The molecule has 0 fully saturated rings. The van der Waals surface area contributed by atoms with Gasteiger partial charge in [-0.2, -0.15) is 0 Å². The highest BCUT2D eigenvalue weighted by atomic mass is 14.9. The molecule has 45 heavy (non-hydrogen) atoms. The first-order valence-electron chi connectivity index (χ1n) is 16.2. The predicted octanol–water partition coefficient (Wildman–Crippen LogP) is 12.2. The van der Waals surface area contributed by atoms with Crippen LogP contribution in [0.5, 0.6) is 0 Å². The normalized spacial score (nSPS) is 24.2. The van der Waals surface area contributed by atoms with Crippen LogP contribution < -0.4 is 5.32 Å². The highest BCUT2D eigenvalue weighted by molar-refractivity contribution is 6.00. The smallest absolute Gasteiger partial charge is 0.0387 e. The number of anilines is 1. The summed E-state index contributed by atoms with van der Waals surface area (Å²) in [5.74, 6) is 0.671. The Morgan fingerprint density at radius 2 is 1.69 bits per heavy atom. The number of rotatable bonds is 9. The maximum absolute atomic E-state index is 3.95. The maximum atomic E-state index is 3.95. The Morgan fingerprint density at radius 3 is 2.38 bits per heavy atom. The molecule has 2 aliphatic carbocycles. The third-order valence-corrected chi connectivity index (χ3v) is 8.88. The van der Waals surface area contributed by atoms with Gasteiger partial charge in [-0.15, -0.1) is 0 Å². The van der Waals surface area contributed by atoms with Gasteiger partial charge in [-0.1, -0.05) is 164 Å². The van der Waals surface area contributed by atoms with E-state index in [9.17, 15) is 0 Å². The van der Waals surface area contributed by atoms with Crippen molar-refractivity contribution >= 4 is 16.8 Å². The number of hydrogen-bond donors (Lipinski definition) is 1. The van der Waals surface area contributed by atoms with Crippen molar-refractivity contribution < 1.29 is 0 Å². The van der Waals surface area contributed by atoms with E-state index in [1.165, 1.54) is 39.0 Å². The lowest BCUT2D eigenvalue weighted by atomic mass is 9.70. The highest BCUT2D eigenvalue weighted by Gasteiger charge is 2.46. The molecule has 2 aromatic carbocycles. The zero-order valence-electron chi connectivity index (χ0n) is 28.4. The van der Waals surface area contributed by atoms with Crippen LogP contribution in [0.25, 0.3) is 11.1 Å². The molecule has 2 aromatic rings. The van der Waals surface area contributed by atoms with E-state index in [0.29, 0.717) is 11.8 Å². The average Bonchev–Trinajstić information content (AvgIpc) is 3.23. The molecule has 4 rings (SSSR count). The quantitative estimate of drug-likeness (QED) is 0.285. The lowest BCUT2D eigenvalue weighted by Crippen LogP contribution is -2.28. The predicted molar refractivity (Wildman–Crippen MR) is 200 cm³/mol. The maximum Gasteiger partial charge on any atom is 0.0387 e. The Balaban J connectivity index is 1.82. The van der Waals surface area contributed by atoms with Crippen molar-refractivity contribution in [2.75, 3.05) is 5.32 Å². The molecule has 2 unspecified atom stereocenters. The summed E-state index contributed by atoms with van der Waals surface area (Å²) in [5, 5.41) is 3.67. The second-order valence-corrected chi connectivity index (χ2v) is 13.8. The van der Waals surface area contributed by atoms with Crippen molar-refractivity contribution in [2.45, 2.75) is 65.7 Å². The molecule has 0 saturated carbocycles. The molecule has 1 heteroatoms. The number of nitrogens with one attached hydrogen (secondary N) is 1. The van der Waals surface area contributed by atoms with Gasteiger partial charge in [-0.3, -0.25) is 0 Å². The third kappa shape index (κ3) is 8.03. The SMILES string of the molecule is C=C/C=C\C=C/C/C=C\C(=C/C=C)Nc1ccc2c(c1)C(C)(C)C1\C2=C(c2ccc(C(C)(C)C)cc2)/C=C(C)/C=C\C=C/C1C. The molecule has 0 aromatic heterocycles. The molecule has 2 aliphatic rings. The Kier molecular flexibility index (Phi) is 10.9. The number of benzene rings is 2. The molecule has 0 bridgehead atoms. The molecule has 0 aliphatic heterocycles. The summed E-state index contributed by atoms with van der Waals surface area (Å²) in [5.41, 5.74) is 11.5. The molecule has 0 heterocycles. The van der Waals surface area contributed by atoms with Gasteiger partial charge < -0.3 is 5.32 Å². The van der Waals surface area contributed by atoms with Gasteiger partial charge in [0.25, 0.3) is 0 Å². The summed E-state index contributed by atoms with van der Waals surface area (Å²) >= 11 is 0. The zero-order valence-corrected chi connectivity index (χ0v) is 28.4. The van der Waals surface area contributed by atoms with Crippen LogP contribution >= 0.6 is 0 Å². The van der Waals surface area contributed by atoms with Gasteiger partial charge in [-0.05, 0) is 87.8 Å². The van der Waals surface area contributed by atoms with Crippen LogP contribution in [0.2, 0.25) is 0 Å². The van der Waals surface area contributed by atoms with E-state index in [4.69, 9.17) is 0 Å². The van der Waals surface area contributed by atoms with Crippen LogP contribution in [-0.4, -0.2) is 0 Å². The number of allylic oxidation sites excluding steroid dienone is 17. The van der Waals surface area contributed by atoms with Crippen molar-refractivity contribution in [1.29, 1.82) is 0 Å². The fraction of sp³-hybridized carbons (Fsp3) is 0.273. The Labute approximate surface area is 273 Å². The van der Waals surface area contributed by atoms with Gasteiger partial charge in [0.2, 0.25) is 0 Å². The van der Waals surface area contributed by atoms with E-state index >= 15 is 0 Å². The van der Waals surface area contributed by atoms with Gasteiger partial charge in [0.1, 0.15) is 0 Å². The minimum atomic E-state index is -0.0741. The van der Waals surface area contributed by atoms with Crippen molar-refractivity contribution in [3.05, 3.63) is 174 Å². The van der Waals surface area contributed by atoms with Gasteiger partial charge in [0, 0.05) is 17.3 Å². The Bertz CT molecular complexity index is 1630. The molecule has 0 spiro atoms. The Hall–Kier alpha value is -4.36. The van der Waals surface area contributed by atoms with Crippen molar-refractivity contribution in [3.63, 3.8) is 0 Å². The summed E-state index contributed by atoms with van der Waals surface area (Å²) in [6, 6.07) is 16.2. The number of fused-ring (bicyclic) bond motifs is 3. The van der Waals surface area contributed by atoms with Gasteiger partial charge >= 0.3 is 0 Å². The van der Waals surface area contributed by atoms with Crippen LogP contribution in [0.3, 0.4) is 0 Å². The monoisotopic (exact) mass is 593 g/mol. The van der Waals surface area contributed by atoms with Crippen LogP contribution in [0.4, 0.5) is 5.69 Å². The molecule has 232 valence electrons. The molecule has 0 saturated heterocycles. The Morgan fingerprint density at radius 1 is 0.933 bits per heavy atom. The lowest BCUT2D eigenvalue weighted by Gasteiger charge is -2.33. The second kappa shape index (κ2) is 14.6. The molecule has 1 N–H and O–H groups in total. The molecule has 2 atom stereocenters. The average molecular weight is 594 g/mol.